The molecule has 1 aromatic heterocycles. The Morgan fingerprint density at radius 3 is 2.75 bits per heavy atom. The predicted molar refractivity (Wildman–Crippen MR) is 71.6 cm³/mol. The number of nitrogens with zero attached hydrogens (tertiary/aromatic N) is 3. The summed E-state index contributed by atoms with van der Waals surface area (Å²) in [6.45, 7) is 3.43. The summed E-state index contributed by atoms with van der Waals surface area (Å²) in [4.78, 5) is 14.6. The Bertz CT molecular complexity index is 720. The Labute approximate surface area is 115 Å². The molecule has 0 aliphatic rings. The van der Waals surface area contributed by atoms with Crippen LogP contribution in [0.25, 0.3) is 0 Å². The molecule has 0 atom stereocenters. The first-order chi connectivity index (χ1) is 9.51. The van der Waals surface area contributed by atoms with Crippen LogP contribution in [-0.2, 0) is 0 Å². The summed E-state index contributed by atoms with van der Waals surface area (Å²) in [5.74, 6) is 0.304. The maximum absolute atomic E-state index is 11.0. The molecule has 1 heterocycles. The molecule has 0 bridgehead atoms. The van der Waals surface area contributed by atoms with E-state index in [1.807, 2.05) is 6.07 Å². The Hall–Kier alpha value is -2.94. The van der Waals surface area contributed by atoms with Crippen LogP contribution in [0.4, 0.5) is 5.69 Å². The van der Waals surface area contributed by atoms with Crippen LogP contribution in [0.1, 0.15) is 16.8 Å². The lowest BCUT2D eigenvalue weighted by Gasteiger charge is -2.09. The zero-order chi connectivity index (χ0) is 14.7. The fraction of sp³-hybridized carbons (Fsp3) is 0.143. The molecule has 20 heavy (non-hydrogen) atoms. The van der Waals surface area contributed by atoms with Crippen LogP contribution in [0, 0.1) is 35.3 Å². The summed E-state index contributed by atoms with van der Waals surface area (Å²) < 4.78 is 5.52. The highest BCUT2D eigenvalue weighted by Crippen LogP contribution is 2.33. The van der Waals surface area contributed by atoms with Crippen LogP contribution in [-0.4, -0.2) is 9.91 Å². The van der Waals surface area contributed by atoms with Crippen molar-refractivity contribution in [3.8, 4) is 17.7 Å². The van der Waals surface area contributed by atoms with Crippen molar-refractivity contribution in [3.05, 3.63) is 57.3 Å². The number of ether oxygens (including phenoxy) is 1. The van der Waals surface area contributed by atoms with E-state index in [4.69, 9.17) is 10.00 Å². The molecule has 0 saturated heterocycles. The third kappa shape index (κ3) is 2.72. The second kappa shape index (κ2) is 5.36. The highest BCUT2D eigenvalue weighted by molar-refractivity contribution is 5.53. The fourth-order valence-electron chi connectivity index (χ4n) is 1.77. The van der Waals surface area contributed by atoms with Gasteiger partial charge in [0, 0.05) is 17.8 Å². The molecule has 0 aliphatic carbocycles. The van der Waals surface area contributed by atoms with Crippen molar-refractivity contribution in [1.82, 2.24) is 4.98 Å². The third-order valence-corrected chi connectivity index (χ3v) is 2.65. The van der Waals surface area contributed by atoms with Gasteiger partial charge in [-0.05, 0) is 25.5 Å². The lowest BCUT2D eigenvalue weighted by Crippen LogP contribution is -1.98. The van der Waals surface area contributed by atoms with Gasteiger partial charge in [0.25, 0.3) is 0 Å². The number of pyridine rings is 1. The highest BCUT2D eigenvalue weighted by Gasteiger charge is 2.18. The van der Waals surface area contributed by atoms with Gasteiger partial charge < -0.3 is 4.74 Å². The molecule has 1 aromatic carbocycles. The van der Waals surface area contributed by atoms with Gasteiger partial charge in [-0.1, -0.05) is 12.1 Å². The minimum atomic E-state index is -0.511. The molecule has 100 valence electrons. The number of nitriles is 1. The molecule has 0 fully saturated rings. The predicted octanol–water partition coefficient (Wildman–Crippen LogP) is 3.27. The summed E-state index contributed by atoms with van der Waals surface area (Å²) in [6, 6.07) is 9.71. The average molecular weight is 269 g/mol. The molecule has 6 nitrogen and oxygen atoms in total. The van der Waals surface area contributed by atoms with Crippen molar-refractivity contribution in [3.63, 3.8) is 0 Å². The summed E-state index contributed by atoms with van der Waals surface area (Å²) in [5.41, 5.74) is 1.49. The molecule has 6 heteroatoms. The van der Waals surface area contributed by atoms with Gasteiger partial charge in [-0.2, -0.15) is 5.26 Å². The smallest absolute Gasteiger partial charge is 0.311 e. The number of hydrogen-bond donors (Lipinski definition) is 0. The van der Waals surface area contributed by atoms with Crippen molar-refractivity contribution in [1.29, 1.82) is 5.26 Å². The lowest BCUT2D eigenvalue weighted by atomic mass is 10.2. The molecule has 0 unspecified atom stereocenters. The largest absolute Gasteiger partial charge is 0.431 e. The molecule has 2 rings (SSSR count). The van der Waals surface area contributed by atoms with Gasteiger partial charge >= 0.3 is 5.69 Å². The molecule has 0 N–H and O–H groups in total. The van der Waals surface area contributed by atoms with Gasteiger partial charge in [-0.25, -0.2) is 4.98 Å². The topological polar surface area (TPSA) is 89.0 Å². The lowest BCUT2D eigenvalue weighted by molar-refractivity contribution is -0.385. The summed E-state index contributed by atoms with van der Waals surface area (Å²) in [7, 11) is 0. The average Bonchev–Trinajstić information content (AvgIpc) is 2.40. The fourth-order valence-corrected chi connectivity index (χ4v) is 1.77. The van der Waals surface area contributed by atoms with Crippen molar-refractivity contribution in [2.24, 2.45) is 0 Å². The first-order valence-corrected chi connectivity index (χ1v) is 5.82. The van der Waals surface area contributed by atoms with Gasteiger partial charge in [0.1, 0.15) is 0 Å². The third-order valence-electron chi connectivity index (χ3n) is 2.65. The van der Waals surface area contributed by atoms with Crippen LogP contribution in [0.3, 0.4) is 0 Å². The Morgan fingerprint density at radius 1 is 1.35 bits per heavy atom. The van der Waals surface area contributed by atoms with E-state index >= 15 is 0 Å². The van der Waals surface area contributed by atoms with Crippen LogP contribution in [0.15, 0.2) is 30.3 Å². The SMILES string of the molecule is Cc1cc(C#N)cc(Oc2c(C)cccc2[N+](=O)[O-])n1. The number of aromatic nitrogens is 1. The molecule has 0 spiro atoms. The summed E-state index contributed by atoms with van der Waals surface area (Å²) in [5, 5.41) is 19.9. The number of nitro groups is 1. The monoisotopic (exact) mass is 269 g/mol. The van der Waals surface area contributed by atoms with Crippen molar-refractivity contribution in [2.75, 3.05) is 0 Å². The second-order valence-corrected chi connectivity index (χ2v) is 4.23. The van der Waals surface area contributed by atoms with Gasteiger partial charge in [-0.15, -0.1) is 0 Å². The normalized spacial score (nSPS) is 9.85. The highest BCUT2D eigenvalue weighted by atomic mass is 16.6. The van der Waals surface area contributed by atoms with Crippen molar-refractivity contribution in [2.45, 2.75) is 13.8 Å². The van der Waals surface area contributed by atoms with E-state index in [-0.39, 0.29) is 17.3 Å². The van der Waals surface area contributed by atoms with E-state index in [1.165, 1.54) is 12.1 Å². The zero-order valence-electron chi connectivity index (χ0n) is 11.0. The minimum Gasteiger partial charge on any atom is -0.431 e. The van der Waals surface area contributed by atoms with E-state index in [0.29, 0.717) is 16.8 Å². The maximum Gasteiger partial charge on any atom is 0.311 e. The first-order valence-electron chi connectivity index (χ1n) is 5.82. The van der Waals surface area contributed by atoms with Gasteiger partial charge in [-0.3, -0.25) is 10.1 Å². The quantitative estimate of drug-likeness (QED) is 0.630. The number of nitro benzene ring substituents is 1. The second-order valence-electron chi connectivity index (χ2n) is 4.23. The summed E-state index contributed by atoms with van der Waals surface area (Å²) >= 11 is 0. The number of para-hydroxylation sites is 1. The molecular weight excluding hydrogens is 258 g/mol. The molecule has 0 aliphatic heterocycles. The van der Waals surface area contributed by atoms with Crippen LogP contribution in [0.2, 0.25) is 0 Å². The Kier molecular flexibility index (Phi) is 3.62. The van der Waals surface area contributed by atoms with Crippen LogP contribution >= 0.6 is 0 Å². The molecule has 0 saturated carbocycles. The van der Waals surface area contributed by atoms with E-state index in [2.05, 4.69) is 4.98 Å². The first kappa shape index (κ1) is 13.5. The van der Waals surface area contributed by atoms with E-state index in [9.17, 15) is 10.1 Å². The van der Waals surface area contributed by atoms with Gasteiger partial charge in [0.15, 0.2) is 0 Å². The molecule has 0 amide bonds. The number of aryl methyl sites for hydroxylation is 2. The molecule has 0 radical (unpaired) electrons. The van der Waals surface area contributed by atoms with Gasteiger partial charge in [0.2, 0.25) is 11.6 Å². The van der Waals surface area contributed by atoms with Crippen molar-refractivity contribution < 1.29 is 9.66 Å². The Balaban J connectivity index is 2.48. The number of rotatable bonds is 3. The van der Waals surface area contributed by atoms with E-state index in [1.54, 1.807) is 32.0 Å². The zero-order valence-corrected chi connectivity index (χ0v) is 11.0. The van der Waals surface area contributed by atoms with Crippen molar-refractivity contribution >= 4 is 5.69 Å². The van der Waals surface area contributed by atoms with Crippen LogP contribution < -0.4 is 4.74 Å². The molecular formula is C14H11N3O3. The van der Waals surface area contributed by atoms with E-state index < -0.39 is 4.92 Å². The summed E-state index contributed by atoms with van der Waals surface area (Å²) in [6.07, 6.45) is 0. The minimum absolute atomic E-state index is 0.133. The number of benzene rings is 1. The maximum atomic E-state index is 11.0. The Morgan fingerprint density at radius 2 is 2.10 bits per heavy atom. The van der Waals surface area contributed by atoms with E-state index in [0.717, 1.165) is 0 Å². The van der Waals surface area contributed by atoms with Crippen LogP contribution in [0.5, 0.6) is 11.6 Å². The van der Waals surface area contributed by atoms with Gasteiger partial charge in [0.05, 0.1) is 16.6 Å². The number of hydrogen-bond acceptors (Lipinski definition) is 5. The molecule has 2 aromatic rings. The standard InChI is InChI=1S/C14H11N3O3/c1-9-4-3-5-12(17(18)19)14(9)20-13-7-11(8-15)6-10(2)16-13/h3-7H,1-2H3.